The van der Waals surface area contributed by atoms with Gasteiger partial charge in [0.25, 0.3) is 5.91 Å². The lowest BCUT2D eigenvalue weighted by atomic mass is 9.90. The van der Waals surface area contributed by atoms with Crippen LogP contribution in [0.3, 0.4) is 0 Å². The van der Waals surface area contributed by atoms with E-state index in [2.05, 4.69) is 30.4 Å². The quantitative estimate of drug-likeness (QED) is 0.532. The number of aromatic nitrogens is 2. The number of hydrogen-bond donors (Lipinski definition) is 1. The SMILES string of the molecule is Cc1c(C(=O)NC2CCCC(N(C)C)C2)nn(-c2ccc(Cl)cc2Cl)c1-c1cc[c]cc1. The van der Waals surface area contributed by atoms with E-state index in [0.717, 1.165) is 42.5 Å². The first kappa shape index (κ1) is 22.8. The van der Waals surface area contributed by atoms with E-state index >= 15 is 0 Å². The molecule has 32 heavy (non-hydrogen) atoms. The van der Waals surface area contributed by atoms with Gasteiger partial charge in [-0.3, -0.25) is 4.79 Å². The molecule has 1 aliphatic rings. The normalized spacial score (nSPS) is 18.7. The molecule has 1 fully saturated rings. The first-order chi connectivity index (χ1) is 15.3. The summed E-state index contributed by atoms with van der Waals surface area (Å²) in [7, 11) is 4.19. The Morgan fingerprint density at radius 2 is 1.94 bits per heavy atom. The van der Waals surface area contributed by atoms with Crippen LogP contribution >= 0.6 is 23.2 Å². The van der Waals surface area contributed by atoms with E-state index in [1.165, 1.54) is 0 Å². The van der Waals surface area contributed by atoms with Crippen molar-refractivity contribution in [3.8, 4) is 16.9 Å². The third-order valence-electron chi connectivity index (χ3n) is 6.18. The molecule has 2 unspecified atom stereocenters. The second-order valence-corrected chi connectivity index (χ2v) is 9.42. The summed E-state index contributed by atoms with van der Waals surface area (Å²) in [6.07, 6.45) is 4.20. The average molecular weight is 470 g/mol. The Bertz CT molecular complexity index is 1110. The highest BCUT2D eigenvalue weighted by Crippen LogP contribution is 2.33. The number of halogens is 2. The van der Waals surface area contributed by atoms with Gasteiger partial charge in [0, 0.05) is 28.2 Å². The van der Waals surface area contributed by atoms with E-state index in [1.807, 2.05) is 37.3 Å². The van der Waals surface area contributed by atoms with E-state index in [4.69, 9.17) is 28.3 Å². The van der Waals surface area contributed by atoms with Crippen LogP contribution in [0, 0.1) is 13.0 Å². The van der Waals surface area contributed by atoms with E-state index in [9.17, 15) is 4.79 Å². The molecule has 7 heteroatoms. The maximum absolute atomic E-state index is 13.3. The Morgan fingerprint density at radius 3 is 2.62 bits per heavy atom. The zero-order valence-electron chi connectivity index (χ0n) is 18.5. The predicted octanol–water partition coefficient (Wildman–Crippen LogP) is 5.56. The van der Waals surface area contributed by atoms with Gasteiger partial charge in [-0.2, -0.15) is 5.10 Å². The van der Waals surface area contributed by atoms with Crippen molar-refractivity contribution >= 4 is 29.1 Å². The van der Waals surface area contributed by atoms with Crippen LogP contribution in [0.4, 0.5) is 0 Å². The molecule has 1 heterocycles. The van der Waals surface area contributed by atoms with Gasteiger partial charge in [0.05, 0.1) is 16.4 Å². The van der Waals surface area contributed by atoms with Gasteiger partial charge in [0.15, 0.2) is 5.69 Å². The number of nitrogens with one attached hydrogen (secondary N) is 1. The zero-order valence-corrected chi connectivity index (χ0v) is 20.0. The first-order valence-corrected chi connectivity index (χ1v) is 11.6. The molecule has 1 aromatic heterocycles. The molecule has 1 saturated carbocycles. The number of hydrogen-bond acceptors (Lipinski definition) is 3. The van der Waals surface area contributed by atoms with Crippen molar-refractivity contribution in [3.05, 3.63) is 69.8 Å². The van der Waals surface area contributed by atoms with Crippen LogP contribution < -0.4 is 5.32 Å². The number of carbonyl (C=O) groups is 1. The van der Waals surface area contributed by atoms with Crippen molar-refractivity contribution in [3.63, 3.8) is 0 Å². The molecule has 0 bridgehead atoms. The van der Waals surface area contributed by atoms with Gasteiger partial charge in [0.1, 0.15) is 0 Å². The molecule has 1 radical (unpaired) electrons. The Kier molecular flexibility index (Phi) is 6.89. The molecule has 1 N–H and O–H groups in total. The van der Waals surface area contributed by atoms with Gasteiger partial charge >= 0.3 is 0 Å². The highest BCUT2D eigenvalue weighted by Gasteiger charge is 2.28. The van der Waals surface area contributed by atoms with Crippen molar-refractivity contribution in [2.45, 2.75) is 44.7 Å². The van der Waals surface area contributed by atoms with Crippen LogP contribution in [0.25, 0.3) is 16.9 Å². The minimum absolute atomic E-state index is 0.141. The van der Waals surface area contributed by atoms with Gasteiger partial charge in [0.2, 0.25) is 0 Å². The number of amides is 1. The lowest BCUT2D eigenvalue weighted by Crippen LogP contribution is -2.44. The van der Waals surface area contributed by atoms with Gasteiger partial charge in [-0.05, 0) is 71.0 Å². The summed E-state index contributed by atoms with van der Waals surface area (Å²) in [5, 5.41) is 8.96. The summed E-state index contributed by atoms with van der Waals surface area (Å²) in [4.78, 5) is 15.6. The molecule has 2 atom stereocenters. The van der Waals surface area contributed by atoms with Gasteiger partial charge in [-0.15, -0.1) is 0 Å². The number of rotatable bonds is 5. The minimum atomic E-state index is -0.153. The molecule has 2 aromatic carbocycles. The summed E-state index contributed by atoms with van der Waals surface area (Å²) >= 11 is 12.6. The summed E-state index contributed by atoms with van der Waals surface area (Å²) in [6, 6.07) is 16.5. The minimum Gasteiger partial charge on any atom is -0.348 e. The fraction of sp³-hybridized carbons (Fsp3) is 0.360. The second-order valence-electron chi connectivity index (χ2n) is 8.57. The number of nitrogens with zero attached hydrogens (tertiary/aromatic N) is 3. The second kappa shape index (κ2) is 9.65. The highest BCUT2D eigenvalue weighted by molar-refractivity contribution is 6.35. The van der Waals surface area contributed by atoms with Crippen LogP contribution in [0.1, 0.15) is 41.7 Å². The molecule has 167 valence electrons. The zero-order chi connectivity index (χ0) is 22.8. The Balaban J connectivity index is 1.72. The van der Waals surface area contributed by atoms with Gasteiger partial charge < -0.3 is 10.2 Å². The predicted molar refractivity (Wildman–Crippen MR) is 130 cm³/mol. The number of carbonyl (C=O) groups excluding carboxylic acids is 1. The third-order valence-corrected chi connectivity index (χ3v) is 6.72. The molecule has 0 spiro atoms. The Morgan fingerprint density at radius 1 is 1.19 bits per heavy atom. The summed E-state index contributed by atoms with van der Waals surface area (Å²) < 4.78 is 1.74. The molecule has 5 nitrogen and oxygen atoms in total. The van der Waals surface area contributed by atoms with E-state index < -0.39 is 0 Å². The molecule has 1 amide bonds. The maximum atomic E-state index is 13.3. The Hall–Kier alpha value is -2.34. The molecule has 1 aliphatic carbocycles. The van der Waals surface area contributed by atoms with Crippen molar-refractivity contribution in [1.82, 2.24) is 20.0 Å². The van der Waals surface area contributed by atoms with Gasteiger partial charge in [-0.1, -0.05) is 47.5 Å². The van der Waals surface area contributed by atoms with Gasteiger partial charge in [-0.25, -0.2) is 4.68 Å². The van der Waals surface area contributed by atoms with Crippen LogP contribution in [-0.2, 0) is 0 Å². The van der Waals surface area contributed by atoms with Crippen LogP contribution in [0.5, 0.6) is 0 Å². The van der Waals surface area contributed by atoms with E-state index in [0.29, 0.717) is 27.5 Å². The number of benzene rings is 2. The topological polar surface area (TPSA) is 50.2 Å². The molecule has 3 aromatic rings. The maximum Gasteiger partial charge on any atom is 0.272 e. The third kappa shape index (κ3) is 4.70. The fourth-order valence-corrected chi connectivity index (χ4v) is 4.93. The monoisotopic (exact) mass is 469 g/mol. The lowest BCUT2D eigenvalue weighted by Gasteiger charge is -2.33. The fourth-order valence-electron chi connectivity index (χ4n) is 4.44. The standard InChI is InChI=1S/C25H27Cl2N4O/c1-16-23(25(32)28-19-10-7-11-20(15-19)30(2)3)29-31(22-13-12-18(26)14-21(22)27)24(16)17-8-5-4-6-9-17/h5-6,8-9,12-14,19-20H,7,10-11,15H2,1-3H3,(H,28,32). The summed E-state index contributed by atoms with van der Waals surface area (Å²) in [5.74, 6) is -0.153. The lowest BCUT2D eigenvalue weighted by molar-refractivity contribution is 0.0905. The van der Waals surface area contributed by atoms with Crippen LogP contribution in [0.15, 0.2) is 42.5 Å². The average Bonchev–Trinajstić information content (AvgIpc) is 3.11. The van der Waals surface area contributed by atoms with Crippen molar-refractivity contribution in [2.75, 3.05) is 14.1 Å². The molecular weight excluding hydrogens is 443 g/mol. The van der Waals surface area contributed by atoms with E-state index in [1.54, 1.807) is 16.8 Å². The highest BCUT2D eigenvalue weighted by atomic mass is 35.5. The van der Waals surface area contributed by atoms with Crippen LogP contribution in [0.2, 0.25) is 10.0 Å². The Labute approximate surface area is 199 Å². The molecule has 4 rings (SSSR count). The summed E-state index contributed by atoms with van der Waals surface area (Å²) in [6.45, 7) is 1.93. The smallest absolute Gasteiger partial charge is 0.272 e. The van der Waals surface area contributed by atoms with E-state index in [-0.39, 0.29) is 11.9 Å². The first-order valence-electron chi connectivity index (χ1n) is 10.8. The van der Waals surface area contributed by atoms with Crippen molar-refractivity contribution in [2.24, 2.45) is 0 Å². The largest absolute Gasteiger partial charge is 0.348 e. The summed E-state index contributed by atoms with van der Waals surface area (Å²) in [5.41, 5.74) is 3.64. The van der Waals surface area contributed by atoms with Crippen molar-refractivity contribution < 1.29 is 4.79 Å². The molecule has 0 aliphatic heterocycles. The molecular formula is C25H27Cl2N4O. The van der Waals surface area contributed by atoms with Crippen molar-refractivity contribution in [1.29, 1.82) is 0 Å². The van der Waals surface area contributed by atoms with Crippen LogP contribution in [-0.4, -0.2) is 46.8 Å². The molecule has 0 saturated heterocycles.